The Balaban J connectivity index is 1.96. The second-order valence-corrected chi connectivity index (χ2v) is 10.9. The van der Waals surface area contributed by atoms with Crippen molar-refractivity contribution in [2.45, 2.75) is 36.8 Å². The zero-order chi connectivity index (χ0) is 23.7. The van der Waals surface area contributed by atoms with E-state index in [0.717, 1.165) is 10.5 Å². The summed E-state index contributed by atoms with van der Waals surface area (Å²) >= 11 is 6.05. The standard InChI is InChI=1S/C24H24ClFN2O3S/c1-24(2,3)17-9-11-19(12-10-17)32(30,31)15-16-13-18(25)14-27-22(16)23(29)28(4)21-8-6-5-7-20(21)26/h5-14H,15H2,1-4H3. The summed E-state index contributed by atoms with van der Waals surface area (Å²) in [6, 6.07) is 13.9. The number of halogens is 2. The van der Waals surface area contributed by atoms with E-state index < -0.39 is 27.3 Å². The lowest BCUT2D eigenvalue weighted by Gasteiger charge is -2.20. The van der Waals surface area contributed by atoms with Crippen LogP contribution < -0.4 is 4.90 Å². The predicted octanol–water partition coefficient (Wildman–Crippen LogP) is 5.42. The van der Waals surface area contributed by atoms with E-state index in [1.165, 1.54) is 37.5 Å². The van der Waals surface area contributed by atoms with Crippen LogP contribution in [0.2, 0.25) is 5.02 Å². The Morgan fingerprint density at radius 2 is 1.72 bits per heavy atom. The van der Waals surface area contributed by atoms with Gasteiger partial charge < -0.3 is 4.90 Å². The Morgan fingerprint density at radius 3 is 2.31 bits per heavy atom. The van der Waals surface area contributed by atoms with Crippen molar-refractivity contribution in [1.29, 1.82) is 0 Å². The molecule has 0 aliphatic heterocycles. The monoisotopic (exact) mass is 474 g/mol. The highest BCUT2D eigenvalue weighted by atomic mass is 35.5. The highest BCUT2D eigenvalue weighted by molar-refractivity contribution is 7.90. The van der Waals surface area contributed by atoms with Gasteiger partial charge in [0.25, 0.3) is 5.91 Å². The average molecular weight is 475 g/mol. The molecule has 3 rings (SSSR count). The van der Waals surface area contributed by atoms with Crippen molar-refractivity contribution < 1.29 is 17.6 Å². The molecule has 0 unspecified atom stereocenters. The fraction of sp³-hybridized carbons (Fsp3) is 0.250. The van der Waals surface area contributed by atoms with Crippen molar-refractivity contribution in [2.24, 2.45) is 0 Å². The molecule has 168 valence electrons. The summed E-state index contributed by atoms with van der Waals surface area (Å²) in [4.78, 5) is 18.4. The lowest BCUT2D eigenvalue weighted by molar-refractivity contribution is 0.0986. The van der Waals surface area contributed by atoms with Crippen molar-refractivity contribution >= 4 is 33.0 Å². The molecular formula is C24H24ClFN2O3S. The smallest absolute Gasteiger partial charge is 0.277 e. The van der Waals surface area contributed by atoms with Gasteiger partial charge in [0.1, 0.15) is 11.5 Å². The first-order valence-electron chi connectivity index (χ1n) is 9.90. The van der Waals surface area contributed by atoms with Gasteiger partial charge in [-0.15, -0.1) is 0 Å². The molecule has 0 bridgehead atoms. The van der Waals surface area contributed by atoms with E-state index in [4.69, 9.17) is 11.6 Å². The summed E-state index contributed by atoms with van der Waals surface area (Å²) in [5, 5.41) is 0.198. The van der Waals surface area contributed by atoms with E-state index in [1.54, 1.807) is 30.3 Å². The van der Waals surface area contributed by atoms with Gasteiger partial charge in [-0.3, -0.25) is 4.79 Å². The van der Waals surface area contributed by atoms with Gasteiger partial charge in [0.2, 0.25) is 0 Å². The average Bonchev–Trinajstić information content (AvgIpc) is 2.72. The number of para-hydroxylation sites is 1. The lowest BCUT2D eigenvalue weighted by Crippen LogP contribution is -2.29. The molecule has 0 fully saturated rings. The molecule has 0 spiro atoms. The largest absolute Gasteiger partial charge is 0.307 e. The first-order chi connectivity index (χ1) is 14.9. The van der Waals surface area contributed by atoms with E-state index in [1.807, 2.05) is 20.8 Å². The molecule has 8 heteroatoms. The molecule has 0 N–H and O–H groups in total. The lowest BCUT2D eigenvalue weighted by atomic mass is 9.87. The maximum atomic E-state index is 14.2. The number of rotatable bonds is 5. The van der Waals surface area contributed by atoms with E-state index in [0.29, 0.717) is 0 Å². The molecule has 1 aromatic heterocycles. The fourth-order valence-electron chi connectivity index (χ4n) is 3.23. The number of benzene rings is 2. The van der Waals surface area contributed by atoms with Crippen LogP contribution in [0.1, 0.15) is 42.4 Å². The number of hydrogen-bond donors (Lipinski definition) is 0. The number of carbonyl (C=O) groups is 1. The number of amides is 1. The Labute approximate surface area is 192 Å². The Morgan fingerprint density at radius 1 is 1.09 bits per heavy atom. The molecule has 0 aliphatic carbocycles. The van der Waals surface area contributed by atoms with Crippen LogP contribution in [0, 0.1) is 5.82 Å². The van der Waals surface area contributed by atoms with Crippen molar-refractivity contribution in [1.82, 2.24) is 4.98 Å². The summed E-state index contributed by atoms with van der Waals surface area (Å²) in [7, 11) is -2.39. The summed E-state index contributed by atoms with van der Waals surface area (Å²) in [5.41, 5.74) is 0.987. The topological polar surface area (TPSA) is 67.3 Å². The summed E-state index contributed by atoms with van der Waals surface area (Å²) in [6.45, 7) is 6.12. The van der Waals surface area contributed by atoms with Crippen LogP contribution in [-0.4, -0.2) is 26.4 Å². The van der Waals surface area contributed by atoms with E-state index in [2.05, 4.69) is 4.98 Å². The second-order valence-electron chi connectivity index (χ2n) is 8.51. The third-order valence-corrected chi connectivity index (χ3v) is 6.97. The number of carbonyl (C=O) groups excluding carboxylic acids is 1. The van der Waals surface area contributed by atoms with E-state index in [-0.39, 0.29) is 32.3 Å². The molecule has 0 saturated heterocycles. The van der Waals surface area contributed by atoms with Crippen LogP contribution in [0.4, 0.5) is 10.1 Å². The van der Waals surface area contributed by atoms with Gasteiger partial charge in [-0.05, 0) is 41.3 Å². The zero-order valence-electron chi connectivity index (χ0n) is 18.3. The number of anilines is 1. The van der Waals surface area contributed by atoms with Crippen LogP contribution in [-0.2, 0) is 21.0 Å². The van der Waals surface area contributed by atoms with Gasteiger partial charge in [0.05, 0.1) is 21.4 Å². The zero-order valence-corrected chi connectivity index (χ0v) is 19.8. The molecule has 0 saturated carbocycles. The Hall–Kier alpha value is -2.77. The first kappa shape index (κ1) is 23.9. The van der Waals surface area contributed by atoms with Crippen molar-refractivity contribution in [2.75, 3.05) is 11.9 Å². The Bertz CT molecular complexity index is 1250. The SMILES string of the molecule is CN(C(=O)c1ncc(Cl)cc1CS(=O)(=O)c1ccc(C(C)(C)C)cc1)c1ccccc1F. The van der Waals surface area contributed by atoms with Gasteiger partial charge in [0, 0.05) is 18.8 Å². The molecule has 1 heterocycles. The molecular weight excluding hydrogens is 451 g/mol. The number of sulfone groups is 1. The molecule has 0 aliphatic rings. The molecule has 0 atom stereocenters. The van der Waals surface area contributed by atoms with Crippen LogP contribution in [0.5, 0.6) is 0 Å². The molecule has 2 aromatic carbocycles. The van der Waals surface area contributed by atoms with Gasteiger partial charge >= 0.3 is 0 Å². The summed E-state index contributed by atoms with van der Waals surface area (Å²) in [5.74, 6) is -1.69. The molecule has 1 amide bonds. The fourth-order valence-corrected chi connectivity index (χ4v) is 4.75. The van der Waals surface area contributed by atoms with Gasteiger partial charge in [-0.25, -0.2) is 17.8 Å². The number of hydrogen-bond acceptors (Lipinski definition) is 4. The number of aromatic nitrogens is 1. The maximum absolute atomic E-state index is 14.2. The summed E-state index contributed by atoms with van der Waals surface area (Å²) in [6.07, 6.45) is 1.26. The minimum absolute atomic E-state index is 0.0563. The molecule has 3 aromatic rings. The quantitative estimate of drug-likeness (QED) is 0.495. The second kappa shape index (κ2) is 9.00. The van der Waals surface area contributed by atoms with Gasteiger partial charge in [0.15, 0.2) is 9.84 Å². The minimum Gasteiger partial charge on any atom is -0.307 e. The molecule has 32 heavy (non-hydrogen) atoms. The van der Waals surface area contributed by atoms with Gasteiger partial charge in [-0.2, -0.15) is 0 Å². The predicted molar refractivity (Wildman–Crippen MR) is 124 cm³/mol. The first-order valence-corrected chi connectivity index (χ1v) is 11.9. The van der Waals surface area contributed by atoms with E-state index in [9.17, 15) is 17.6 Å². The van der Waals surface area contributed by atoms with Crippen molar-refractivity contribution in [3.05, 3.63) is 88.5 Å². The van der Waals surface area contributed by atoms with Crippen molar-refractivity contribution in [3.63, 3.8) is 0 Å². The molecule has 5 nitrogen and oxygen atoms in total. The highest BCUT2D eigenvalue weighted by Crippen LogP contribution is 2.27. The highest BCUT2D eigenvalue weighted by Gasteiger charge is 2.25. The number of pyridine rings is 1. The Kier molecular flexibility index (Phi) is 6.72. The molecule has 0 radical (unpaired) electrons. The van der Waals surface area contributed by atoms with Crippen LogP contribution in [0.25, 0.3) is 0 Å². The maximum Gasteiger partial charge on any atom is 0.277 e. The minimum atomic E-state index is -3.79. The summed E-state index contributed by atoms with van der Waals surface area (Å²) < 4.78 is 40.3. The third-order valence-electron chi connectivity index (χ3n) is 5.08. The number of nitrogens with zero attached hydrogens (tertiary/aromatic N) is 2. The van der Waals surface area contributed by atoms with Crippen LogP contribution in [0.15, 0.2) is 65.7 Å². The van der Waals surface area contributed by atoms with E-state index >= 15 is 0 Å². The normalized spacial score (nSPS) is 11.9. The van der Waals surface area contributed by atoms with Crippen LogP contribution >= 0.6 is 11.6 Å². The van der Waals surface area contributed by atoms with Crippen LogP contribution in [0.3, 0.4) is 0 Å². The van der Waals surface area contributed by atoms with Crippen molar-refractivity contribution in [3.8, 4) is 0 Å². The van der Waals surface area contributed by atoms with Gasteiger partial charge in [-0.1, -0.05) is 56.6 Å². The third kappa shape index (κ3) is 5.16.